The van der Waals surface area contributed by atoms with E-state index in [1.54, 1.807) is 6.92 Å². The van der Waals surface area contributed by atoms with Crippen molar-refractivity contribution in [3.63, 3.8) is 0 Å². The molecule has 1 amide bonds. The summed E-state index contributed by atoms with van der Waals surface area (Å²) in [6.45, 7) is 5.75. The molecular weight excluding hydrogens is 242 g/mol. The monoisotopic (exact) mass is 263 g/mol. The highest BCUT2D eigenvalue weighted by atomic mass is 16.4. The second-order valence-corrected chi connectivity index (χ2v) is 5.47. The summed E-state index contributed by atoms with van der Waals surface area (Å²) in [6, 6.07) is 9.82. The smallest absolute Gasteiger partial charge is 0.308 e. The fourth-order valence-corrected chi connectivity index (χ4v) is 1.81. The molecule has 1 aromatic carbocycles. The SMILES string of the molecule is CC(CNC(=O)CC(C)(C)c1ccccc1)C(=O)O. The van der Waals surface area contributed by atoms with Crippen LogP contribution in [-0.2, 0) is 15.0 Å². The van der Waals surface area contributed by atoms with Gasteiger partial charge in [-0.05, 0) is 11.0 Å². The van der Waals surface area contributed by atoms with Crippen molar-refractivity contribution in [3.8, 4) is 0 Å². The summed E-state index contributed by atoms with van der Waals surface area (Å²) in [6.07, 6.45) is 0.337. The minimum atomic E-state index is -0.900. The predicted octanol–water partition coefficient (Wildman–Crippen LogP) is 2.19. The van der Waals surface area contributed by atoms with Gasteiger partial charge in [0.2, 0.25) is 5.91 Å². The number of hydrogen-bond donors (Lipinski definition) is 2. The Bertz CT molecular complexity index is 440. The fourth-order valence-electron chi connectivity index (χ4n) is 1.81. The molecular formula is C15H21NO3. The highest BCUT2D eigenvalue weighted by molar-refractivity contribution is 5.78. The van der Waals surface area contributed by atoms with E-state index in [1.807, 2.05) is 44.2 Å². The third-order valence-corrected chi connectivity index (χ3v) is 3.18. The highest BCUT2D eigenvalue weighted by Crippen LogP contribution is 2.26. The first-order valence-corrected chi connectivity index (χ1v) is 6.38. The molecule has 1 aromatic rings. The van der Waals surface area contributed by atoms with Crippen LogP contribution < -0.4 is 5.32 Å². The molecule has 1 unspecified atom stereocenters. The molecule has 0 aliphatic rings. The van der Waals surface area contributed by atoms with E-state index in [-0.39, 0.29) is 17.9 Å². The third-order valence-electron chi connectivity index (χ3n) is 3.18. The molecule has 0 saturated heterocycles. The van der Waals surface area contributed by atoms with Gasteiger partial charge in [0.05, 0.1) is 5.92 Å². The van der Waals surface area contributed by atoms with Gasteiger partial charge < -0.3 is 10.4 Å². The predicted molar refractivity (Wildman–Crippen MR) is 73.9 cm³/mol. The van der Waals surface area contributed by atoms with Gasteiger partial charge in [-0.25, -0.2) is 0 Å². The second-order valence-electron chi connectivity index (χ2n) is 5.47. The molecule has 4 nitrogen and oxygen atoms in total. The van der Waals surface area contributed by atoms with Gasteiger partial charge in [-0.1, -0.05) is 51.1 Å². The fraction of sp³-hybridized carbons (Fsp3) is 0.467. The molecule has 0 saturated carbocycles. The van der Waals surface area contributed by atoms with E-state index in [0.717, 1.165) is 5.56 Å². The molecule has 0 spiro atoms. The molecule has 19 heavy (non-hydrogen) atoms. The number of hydrogen-bond acceptors (Lipinski definition) is 2. The molecule has 0 aliphatic heterocycles. The maximum Gasteiger partial charge on any atom is 0.308 e. The maximum atomic E-state index is 11.9. The third kappa shape index (κ3) is 4.73. The number of carboxylic acid groups (broad SMARTS) is 1. The van der Waals surface area contributed by atoms with Crippen LogP contribution >= 0.6 is 0 Å². The van der Waals surface area contributed by atoms with Gasteiger partial charge in [0, 0.05) is 13.0 Å². The first-order valence-electron chi connectivity index (χ1n) is 6.38. The number of amides is 1. The van der Waals surface area contributed by atoms with E-state index in [1.165, 1.54) is 0 Å². The lowest BCUT2D eigenvalue weighted by atomic mass is 9.81. The van der Waals surface area contributed by atoms with Crippen LogP contribution in [0.15, 0.2) is 30.3 Å². The van der Waals surface area contributed by atoms with Crippen LogP contribution in [0.3, 0.4) is 0 Å². The Labute approximate surface area is 113 Å². The Hall–Kier alpha value is -1.84. The van der Waals surface area contributed by atoms with Crippen LogP contribution in [0.2, 0.25) is 0 Å². The van der Waals surface area contributed by atoms with E-state index >= 15 is 0 Å². The quantitative estimate of drug-likeness (QED) is 0.826. The first-order chi connectivity index (χ1) is 8.83. The number of carbonyl (C=O) groups is 2. The molecule has 1 rings (SSSR count). The van der Waals surface area contributed by atoms with Gasteiger partial charge >= 0.3 is 5.97 Å². The molecule has 2 N–H and O–H groups in total. The Morgan fingerprint density at radius 1 is 1.26 bits per heavy atom. The lowest BCUT2D eigenvalue weighted by molar-refractivity contribution is -0.141. The molecule has 1 atom stereocenters. The lowest BCUT2D eigenvalue weighted by Crippen LogP contribution is -2.35. The number of aliphatic carboxylic acids is 1. The van der Waals surface area contributed by atoms with Gasteiger partial charge in [-0.2, -0.15) is 0 Å². The molecule has 0 fully saturated rings. The second kappa shape index (κ2) is 6.36. The zero-order chi connectivity index (χ0) is 14.5. The Morgan fingerprint density at radius 2 is 1.84 bits per heavy atom. The normalized spacial score (nSPS) is 12.8. The van der Waals surface area contributed by atoms with Crippen LogP contribution in [0.5, 0.6) is 0 Å². The number of rotatable bonds is 6. The Morgan fingerprint density at radius 3 is 2.37 bits per heavy atom. The molecule has 4 heteroatoms. The van der Waals surface area contributed by atoms with Crippen molar-refractivity contribution in [3.05, 3.63) is 35.9 Å². The van der Waals surface area contributed by atoms with Crippen molar-refractivity contribution in [2.75, 3.05) is 6.54 Å². The summed E-state index contributed by atoms with van der Waals surface area (Å²) in [4.78, 5) is 22.5. The number of carbonyl (C=O) groups excluding carboxylic acids is 1. The van der Waals surface area contributed by atoms with Crippen LogP contribution in [0.4, 0.5) is 0 Å². The largest absolute Gasteiger partial charge is 0.481 e. The summed E-state index contributed by atoms with van der Waals surface area (Å²) in [5, 5.41) is 11.4. The van der Waals surface area contributed by atoms with Crippen molar-refractivity contribution in [2.24, 2.45) is 5.92 Å². The minimum absolute atomic E-state index is 0.123. The number of nitrogens with one attached hydrogen (secondary N) is 1. The zero-order valence-corrected chi connectivity index (χ0v) is 11.6. The lowest BCUT2D eigenvalue weighted by Gasteiger charge is -2.24. The van der Waals surface area contributed by atoms with Crippen molar-refractivity contribution >= 4 is 11.9 Å². The van der Waals surface area contributed by atoms with Gasteiger partial charge in [0.15, 0.2) is 0 Å². The molecule has 0 radical (unpaired) electrons. The zero-order valence-electron chi connectivity index (χ0n) is 11.6. The molecule has 104 valence electrons. The van der Waals surface area contributed by atoms with Crippen LogP contribution in [0.25, 0.3) is 0 Å². The summed E-state index contributed by atoms with van der Waals surface area (Å²) in [7, 11) is 0. The van der Waals surface area contributed by atoms with E-state index in [9.17, 15) is 9.59 Å². The molecule has 0 heterocycles. The minimum Gasteiger partial charge on any atom is -0.481 e. The van der Waals surface area contributed by atoms with Crippen LogP contribution in [0, 0.1) is 5.92 Å². The van der Waals surface area contributed by atoms with Crippen molar-refractivity contribution in [1.29, 1.82) is 0 Å². The first kappa shape index (κ1) is 15.2. The van der Waals surface area contributed by atoms with Crippen LogP contribution in [-0.4, -0.2) is 23.5 Å². The number of benzene rings is 1. The molecule has 0 bridgehead atoms. The van der Waals surface area contributed by atoms with E-state index in [4.69, 9.17) is 5.11 Å². The molecule has 0 aliphatic carbocycles. The van der Waals surface area contributed by atoms with Crippen LogP contribution in [0.1, 0.15) is 32.8 Å². The summed E-state index contributed by atoms with van der Waals surface area (Å²) in [5.74, 6) is -1.59. The van der Waals surface area contributed by atoms with E-state index in [2.05, 4.69) is 5.32 Å². The highest BCUT2D eigenvalue weighted by Gasteiger charge is 2.24. The maximum absolute atomic E-state index is 11.9. The van der Waals surface area contributed by atoms with Gasteiger partial charge in [0.25, 0.3) is 0 Å². The standard InChI is InChI=1S/C15H21NO3/c1-11(14(18)19)10-16-13(17)9-15(2,3)12-7-5-4-6-8-12/h4-8,11H,9-10H2,1-3H3,(H,16,17)(H,18,19). The van der Waals surface area contributed by atoms with Crippen molar-refractivity contribution in [1.82, 2.24) is 5.32 Å². The average Bonchev–Trinajstić information content (AvgIpc) is 2.36. The van der Waals surface area contributed by atoms with Gasteiger partial charge in [0.1, 0.15) is 0 Å². The topological polar surface area (TPSA) is 66.4 Å². The Kier molecular flexibility index (Phi) is 5.10. The van der Waals surface area contributed by atoms with E-state index in [0.29, 0.717) is 6.42 Å². The summed E-state index contributed by atoms with van der Waals surface area (Å²) < 4.78 is 0. The summed E-state index contributed by atoms with van der Waals surface area (Å²) in [5.41, 5.74) is 0.828. The van der Waals surface area contributed by atoms with Gasteiger partial charge in [-0.15, -0.1) is 0 Å². The van der Waals surface area contributed by atoms with Crippen molar-refractivity contribution in [2.45, 2.75) is 32.6 Å². The average molecular weight is 263 g/mol. The number of carboxylic acids is 1. The van der Waals surface area contributed by atoms with Crippen molar-refractivity contribution < 1.29 is 14.7 Å². The van der Waals surface area contributed by atoms with E-state index < -0.39 is 11.9 Å². The molecule has 0 aromatic heterocycles. The Balaban J connectivity index is 2.54. The van der Waals surface area contributed by atoms with Gasteiger partial charge in [-0.3, -0.25) is 9.59 Å². The summed E-state index contributed by atoms with van der Waals surface area (Å²) >= 11 is 0.